The Morgan fingerprint density at radius 3 is 2.33 bits per heavy atom. The van der Waals surface area contributed by atoms with Gasteiger partial charge in [-0.15, -0.1) is 0 Å². The molecule has 0 aliphatic carbocycles. The molecular formula is C14H19ClF3NO2. The maximum absolute atomic E-state index is 12.6. The van der Waals surface area contributed by atoms with E-state index in [1.807, 2.05) is 13.8 Å². The van der Waals surface area contributed by atoms with Crippen molar-refractivity contribution in [2.75, 3.05) is 25.1 Å². The fourth-order valence-electron chi connectivity index (χ4n) is 1.75. The van der Waals surface area contributed by atoms with Crippen molar-refractivity contribution >= 4 is 17.3 Å². The van der Waals surface area contributed by atoms with Crippen molar-refractivity contribution in [3.05, 3.63) is 28.8 Å². The SMILES string of the molecule is CCOC(CCNc1cc(C(F)(F)F)ccc1Cl)OCC. The molecule has 7 heteroatoms. The average Bonchev–Trinajstić information content (AvgIpc) is 2.40. The number of hydrogen-bond donors (Lipinski definition) is 1. The van der Waals surface area contributed by atoms with Crippen molar-refractivity contribution < 1.29 is 22.6 Å². The monoisotopic (exact) mass is 325 g/mol. The number of alkyl halides is 3. The van der Waals surface area contributed by atoms with Crippen molar-refractivity contribution in [3.63, 3.8) is 0 Å². The zero-order valence-electron chi connectivity index (χ0n) is 12.0. The fourth-order valence-corrected chi connectivity index (χ4v) is 1.93. The zero-order valence-corrected chi connectivity index (χ0v) is 12.7. The molecule has 0 radical (unpaired) electrons. The normalized spacial score (nSPS) is 12.0. The van der Waals surface area contributed by atoms with Gasteiger partial charge in [0.05, 0.1) is 16.3 Å². The van der Waals surface area contributed by atoms with Gasteiger partial charge in [-0.25, -0.2) is 0 Å². The van der Waals surface area contributed by atoms with Crippen LogP contribution in [0.4, 0.5) is 18.9 Å². The van der Waals surface area contributed by atoms with E-state index in [0.717, 1.165) is 12.1 Å². The zero-order chi connectivity index (χ0) is 15.9. The predicted molar refractivity (Wildman–Crippen MR) is 76.6 cm³/mol. The second kappa shape index (κ2) is 8.46. The number of halogens is 4. The number of rotatable bonds is 8. The number of anilines is 1. The van der Waals surface area contributed by atoms with Crippen LogP contribution < -0.4 is 5.32 Å². The van der Waals surface area contributed by atoms with Crippen LogP contribution in [0.1, 0.15) is 25.8 Å². The predicted octanol–water partition coefficient (Wildman–Crippen LogP) is 4.56. The molecule has 120 valence electrons. The van der Waals surface area contributed by atoms with Crippen LogP contribution in [-0.4, -0.2) is 26.0 Å². The summed E-state index contributed by atoms with van der Waals surface area (Å²) in [5.41, 5.74) is -0.487. The topological polar surface area (TPSA) is 30.5 Å². The lowest BCUT2D eigenvalue weighted by molar-refractivity contribution is -0.138. The molecule has 0 bridgehead atoms. The van der Waals surface area contributed by atoms with Gasteiger partial charge >= 0.3 is 6.18 Å². The van der Waals surface area contributed by atoms with Gasteiger partial charge in [-0.05, 0) is 32.0 Å². The van der Waals surface area contributed by atoms with Crippen molar-refractivity contribution in [2.24, 2.45) is 0 Å². The molecule has 1 rings (SSSR count). The van der Waals surface area contributed by atoms with Gasteiger partial charge in [0, 0.05) is 26.2 Å². The molecule has 0 aliphatic rings. The number of ether oxygens (including phenoxy) is 2. The molecule has 21 heavy (non-hydrogen) atoms. The lowest BCUT2D eigenvalue weighted by Gasteiger charge is -2.18. The Morgan fingerprint density at radius 2 is 1.81 bits per heavy atom. The molecule has 0 aromatic heterocycles. The number of benzene rings is 1. The summed E-state index contributed by atoms with van der Waals surface area (Å²) in [5, 5.41) is 3.12. The lowest BCUT2D eigenvalue weighted by atomic mass is 10.2. The van der Waals surface area contributed by atoms with E-state index in [1.165, 1.54) is 6.07 Å². The Labute approximate surface area is 127 Å². The molecular weight excluding hydrogens is 307 g/mol. The number of nitrogens with one attached hydrogen (secondary N) is 1. The molecule has 0 spiro atoms. The molecule has 1 aromatic rings. The largest absolute Gasteiger partial charge is 0.416 e. The summed E-state index contributed by atoms with van der Waals surface area (Å²) >= 11 is 5.89. The van der Waals surface area contributed by atoms with Gasteiger partial charge in [-0.2, -0.15) is 13.2 Å². The van der Waals surface area contributed by atoms with E-state index >= 15 is 0 Å². The Balaban J connectivity index is 2.62. The van der Waals surface area contributed by atoms with Gasteiger partial charge in [-0.3, -0.25) is 0 Å². The van der Waals surface area contributed by atoms with Crippen molar-refractivity contribution in [3.8, 4) is 0 Å². The molecule has 0 heterocycles. The second-order valence-electron chi connectivity index (χ2n) is 4.25. The van der Waals surface area contributed by atoms with Crippen molar-refractivity contribution in [1.82, 2.24) is 0 Å². The third-order valence-electron chi connectivity index (χ3n) is 2.69. The van der Waals surface area contributed by atoms with Crippen LogP contribution in [0.15, 0.2) is 18.2 Å². The van der Waals surface area contributed by atoms with E-state index in [4.69, 9.17) is 21.1 Å². The van der Waals surface area contributed by atoms with E-state index in [0.29, 0.717) is 26.2 Å². The quantitative estimate of drug-likeness (QED) is 0.711. The molecule has 0 unspecified atom stereocenters. The molecule has 0 aliphatic heterocycles. The summed E-state index contributed by atoms with van der Waals surface area (Å²) in [4.78, 5) is 0. The summed E-state index contributed by atoms with van der Waals surface area (Å²) in [6.07, 6.45) is -4.26. The average molecular weight is 326 g/mol. The van der Waals surface area contributed by atoms with Crippen molar-refractivity contribution in [1.29, 1.82) is 0 Å². The summed E-state index contributed by atoms with van der Waals surface area (Å²) in [6.45, 7) is 5.11. The molecule has 1 aromatic carbocycles. The molecule has 0 atom stereocenters. The standard InChI is InChI=1S/C14H19ClF3NO2/c1-3-20-13(21-4-2)7-8-19-12-9-10(14(16,17)18)5-6-11(12)15/h5-6,9,13,19H,3-4,7-8H2,1-2H3. The molecule has 0 fully saturated rings. The first kappa shape index (κ1) is 18.1. The van der Waals surface area contributed by atoms with Gasteiger partial charge < -0.3 is 14.8 Å². The van der Waals surface area contributed by atoms with Gasteiger partial charge in [0.25, 0.3) is 0 Å². The minimum Gasteiger partial charge on any atom is -0.384 e. The highest BCUT2D eigenvalue weighted by Crippen LogP contribution is 2.33. The summed E-state index contributed by atoms with van der Waals surface area (Å²) < 4.78 is 48.6. The van der Waals surface area contributed by atoms with Crippen LogP contribution in [0.25, 0.3) is 0 Å². The van der Waals surface area contributed by atoms with Crippen LogP contribution in [0.2, 0.25) is 5.02 Å². The maximum Gasteiger partial charge on any atom is 0.416 e. The van der Waals surface area contributed by atoms with E-state index in [1.54, 1.807) is 0 Å². The van der Waals surface area contributed by atoms with Crippen LogP contribution in [-0.2, 0) is 15.7 Å². The highest BCUT2D eigenvalue weighted by molar-refractivity contribution is 6.33. The van der Waals surface area contributed by atoms with Crippen LogP contribution >= 0.6 is 11.6 Å². The summed E-state index contributed by atoms with van der Waals surface area (Å²) in [6, 6.07) is 3.19. The first-order valence-electron chi connectivity index (χ1n) is 6.72. The maximum atomic E-state index is 12.6. The van der Waals surface area contributed by atoms with Crippen LogP contribution in [0, 0.1) is 0 Å². The molecule has 0 saturated carbocycles. The molecule has 0 amide bonds. The Kier molecular flexibility index (Phi) is 7.28. The highest BCUT2D eigenvalue weighted by Gasteiger charge is 2.30. The first-order valence-corrected chi connectivity index (χ1v) is 7.10. The van der Waals surface area contributed by atoms with Crippen LogP contribution in [0.3, 0.4) is 0 Å². The minimum atomic E-state index is -4.39. The molecule has 1 N–H and O–H groups in total. The van der Waals surface area contributed by atoms with E-state index in [-0.39, 0.29) is 17.0 Å². The molecule has 3 nitrogen and oxygen atoms in total. The second-order valence-corrected chi connectivity index (χ2v) is 4.66. The third kappa shape index (κ3) is 6.11. The van der Waals surface area contributed by atoms with E-state index in [9.17, 15) is 13.2 Å². The van der Waals surface area contributed by atoms with Gasteiger partial charge in [-0.1, -0.05) is 11.6 Å². The third-order valence-corrected chi connectivity index (χ3v) is 3.02. The van der Waals surface area contributed by atoms with Crippen LogP contribution in [0.5, 0.6) is 0 Å². The Bertz CT molecular complexity index is 435. The minimum absolute atomic E-state index is 0.243. The van der Waals surface area contributed by atoms with Gasteiger partial charge in [0.1, 0.15) is 0 Å². The highest BCUT2D eigenvalue weighted by atomic mass is 35.5. The van der Waals surface area contributed by atoms with Crippen molar-refractivity contribution in [2.45, 2.75) is 32.7 Å². The Morgan fingerprint density at radius 1 is 1.19 bits per heavy atom. The lowest BCUT2D eigenvalue weighted by Crippen LogP contribution is -2.21. The summed E-state index contributed by atoms with van der Waals surface area (Å²) in [5.74, 6) is 0. The number of hydrogen-bond acceptors (Lipinski definition) is 3. The molecule has 0 saturated heterocycles. The van der Waals surface area contributed by atoms with Gasteiger partial charge in [0.2, 0.25) is 0 Å². The Hall–Kier alpha value is -0.980. The van der Waals surface area contributed by atoms with Gasteiger partial charge in [0.15, 0.2) is 6.29 Å². The van der Waals surface area contributed by atoms with E-state index in [2.05, 4.69) is 5.32 Å². The summed E-state index contributed by atoms with van der Waals surface area (Å²) in [7, 11) is 0. The fraction of sp³-hybridized carbons (Fsp3) is 0.571. The first-order chi connectivity index (χ1) is 9.88. The smallest absolute Gasteiger partial charge is 0.384 e. The van der Waals surface area contributed by atoms with E-state index < -0.39 is 11.7 Å².